The number of anilines is 1. The first-order chi connectivity index (χ1) is 19.0. The molecule has 40 heavy (non-hydrogen) atoms. The smallest absolute Gasteiger partial charge is 0.244 e. The molecule has 0 aliphatic heterocycles. The highest BCUT2D eigenvalue weighted by atomic mass is 35.5. The van der Waals surface area contributed by atoms with Gasteiger partial charge in [0.25, 0.3) is 0 Å². The summed E-state index contributed by atoms with van der Waals surface area (Å²) in [5.74, 6) is -0.443. The van der Waals surface area contributed by atoms with Gasteiger partial charge < -0.3 is 15.0 Å². The fraction of sp³-hybridized carbons (Fsp3) is 0.333. The number of halogens is 1. The third-order valence-corrected chi connectivity index (χ3v) is 7.96. The fourth-order valence-electron chi connectivity index (χ4n) is 4.32. The van der Waals surface area contributed by atoms with E-state index in [1.54, 1.807) is 6.07 Å². The largest absolute Gasteiger partial charge is 0.495 e. The molecule has 2 amide bonds. The molecule has 0 radical (unpaired) electrons. The number of ether oxygens (including phenoxy) is 1. The Morgan fingerprint density at radius 3 is 2.30 bits per heavy atom. The maximum Gasteiger partial charge on any atom is 0.244 e. The van der Waals surface area contributed by atoms with Crippen LogP contribution in [-0.2, 0) is 32.6 Å². The number of aryl methyl sites for hydroxylation is 1. The van der Waals surface area contributed by atoms with Gasteiger partial charge in [-0.25, -0.2) is 8.42 Å². The second kappa shape index (κ2) is 14.2. The summed E-state index contributed by atoms with van der Waals surface area (Å²) in [5, 5.41) is 3.13. The highest BCUT2D eigenvalue weighted by Gasteiger charge is 2.33. The van der Waals surface area contributed by atoms with Crippen LogP contribution in [0.4, 0.5) is 5.69 Å². The molecule has 0 aliphatic rings. The minimum absolute atomic E-state index is 0.128. The van der Waals surface area contributed by atoms with Gasteiger partial charge in [-0.3, -0.25) is 13.9 Å². The van der Waals surface area contributed by atoms with Crippen molar-refractivity contribution in [3.8, 4) is 5.75 Å². The molecule has 3 aromatic rings. The van der Waals surface area contributed by atoms with Gasteiger partial charge in [-0.05, 0) is 48.2 Å². The summed E-state index contributed by atoms with van der Waals surface area (Å²) in [6.07, 6.45) is 2.02. The number of nitrogens with zero attached hydrogens (tertiary/aromatic N) is 2. The number of hydrogen-bond donors (Lipinski definition) is 1. The predicted octanol–water partition coefficient (Wildman–Crippen LogP) is 4.59. The molecule has 0 aromatic heterocycles. The molecule has 0 spiro atoms. The number of methoxy groups -OCH3 is 1. The van der Waals surface area contributed by atoms with Crippen molar-refractivity contribution in [3.05, 3.63) is 94.5 Å². The van der Waals surface area contributed by atoms with Crippen molar-refractivity contribution in [2.24, 2.45) is 0 Å². The maximum atomic E-state index is 14.1. The third kappa shape index (κ3) is 8.22. The van der Waals surface area contributed by atoms with Crippen molar-refractivity contribution in [2.75, 3.05) is 30.8 Å². The average molecular weight is 586 g/mol. The molecule has 8 nitrogen and oxygen atoms in total. The van der Waals surface area contributed by atoms with Crippen molar-refractivity contribution in [2.45, 2.75) is 39.3 Å². The van der Waals surface area contributed by atoms with Gasteiger partial charge in [-0.1, -0.05) is 73.1 Å². The maximum absolute atomic E-state index is 14.1. The van der Waals surface area contributed by atoms with Crippen LogP contribution in [0.15, 0.2) is 72.8 Å². The lowest BCUT2D eigenvalue weighted by Crippen LogP contribution is -2.53. The summed E-state index contributed by atoms with van der Waals surface area (Å²) in [6, 6.07) is 20.7. The molecule has 1 N–H and O–H groups in total. The highest BCUT2D eigenvalue weighted by molar-refractivity contribution is 7.92. The lowest BCUT2D eigenvalue weighted by Gasteiger charge is -2.34. The van der Waals surface area contributed by atoms with Gasteiger partial charge >= 0.3 is 0 Å². The minimum Gasteiger partial charge on any atom is -0.495 e. The molecule has 1 atom stereocenters. The summed E-state index contributed by atoms with van der Waals surface area (Å²) in [6.45, 7) is 3.95. The van der Waals surface area contributed by atoms with E-state index in [-0.39, 0.29) is 29.6 Å². The summed E-state index contributed by atoms with van der Waals surface area (Å²) in [5.41, 5.74) is 2.90. The van der Waals surface area contributed by atoms with E-state index in [4.69, 9.17) is 16.3 Å². The third-order valence-electron chi connectivity index (χ3n) is 6.52. The van der Waals surface area contributed by atoms with Crippen LogP contribution in [0.2, 0.25) is 5.02 Å². The van der Waals surface area contributed by atoms with E-state index in [0.717, 1.165) is 33.7 Å². The summed E-state index contributed by atoms with van der Waals surface area (Å²) in [7, 11) is -2.44. The number of nitrogens with one attached hydrogen (secondary N) is 1. The molecule has 0 saturated carbocycles. The Morgan fingerprint density at radius 2 is 1.70 bits per heavy atom. The van der Waals surface area contributed by atoms with Crippen LogP contribution >= 0.6 is 11.6 Å². The highest BCUT2D eigenvalue weighted by Crippen LogP contribution is 2.30. The number of sulfonamides is 1. The molecule has 10 heteroatoms. The standard InChI is InChI=1S/C30H36ClN3O5S/c1-5-17-32-30(36)27(18-23-12-7-6-8-13-23)33(20-24-14-10-9-11-22(24)2)29(35)21-34(40(4,37)38)25-15-16-28(39-3)26(31)19-25/h6-16,19,27H,5,17-18,20-21H2,1-4H3,(H,32,36). The Bertz CT molecular complexity index is 1420. The van der Waals surface area contributed by atoms with Gasteiger partial charge in [0.05, 0.1) is 24.1 Å². The number of hydrogen-bond acceptors (Lipinski definition) is 5. The number of carbonyl (C=O) groups excluding carboxylic acids is 2. The first kappa shape index (κ1) is 31.0. The molecule has 0 heterocycles. The van der Waals surface area contributed by atoms with E-state index >= 15 is 0 Å². The van der Waals surface area contributed by atoms with Gasteiger partial charge in [0.1, 0.15) is 18.3 Å². The Hall–Kier alpha value is -3.56. The Kier molecular flexibility index (Phi) is 11.0. The van der Waals surface area contributed by atoms with Gasteiger partial charge in [-0.15, -0.1) is 0 Å². The lowest BCUT2D eigenvalue weighted by atomic mass is 10.0. The number of rotatable bonds is 13. The van der Waals surface area contributed by atoms with Gasteiger partial charge in [0, 0.05) is 19.5 Å². The zero-order valence-electron chi connectivity index (χ0n) is 23.3. The summed E-state index contributed by atoms with van der Waals surface area (Å²) < 4.78 is 32.0. The lowest BCUT2D eigenvalue weighted by molar-refractivity contribution is -0.140. The van der Waals surface area contributed by atoms with E-state index in [1.807, 2.05) is 68.4 Å². The van der Waals surface area contributed by atoms with Crippen molar-refractivity contribution in [1.29, 1.82) is 0 Å². The molecule has 214 valence electrons. The van der Waals surface area contributed by atoms with Gasteiger partial charge in [0.15, 0.2) is 0 Å². The van der Waals surface area contributed by atoms with E-state index in [2.05, 4.69) is 5.32 Å². The normalized spacial score (nSPS) is 11.9. The van der Waals surface area contributed by atoms with Gasteiger partial charge in [-0.2, -0.15) is 0 Å². The summed E-state index contributed by atoms with van der Waals surface area (Å²) >= 11 is 6.28. The summed E-state index contributed by atoms with van der Waals surface area (Å²) in [4.78, 5) is 29.1. The average Bonchev–Trinajstić information content (AvgIpc) is 2.93. The topological polar surface area (TPSA) is 96.0 Å². The first-order valence-corrected chi connectivity index (χ1v) is 15.2. The monoisotopic (exact) mass is 585 g/mol. The number of amides is 2. The molecule has 0 fully saturated rings. The van der Waals surface area contributed by atoms with Crippen LogP contribution < -0.4 is 14.4 Å². The second-order valence-electron chi connectivity index (χ2n) is 9.53. The SMILES string of the molecule is CCCNC(=O)C(Cc1ccccc1)N(Cc1ccccc1C)C(=O)CN(c1ccc(OC)c(Cl)c1)S(C)(=O)=O. The van der Waals surface area contributed by atoms with Crippen molar-refractivity contribution >= 4 is 39.1 Å². The van der Waals surface area contributed by atoms with E-state index in [0.29, 0.717) is 12.3 Å². The fourth-order valence-corrected chi connectivity index (χ4v) is 5.41. The zero-order chi connectivity index (χ0) is 29.3. The van der Waals surface area contributed by atoms with E-state index in [1.165, 1.54) is 24.1 Å². The quantitative estimate of drug-likeness (QED) is 0.317. The Morgan fingerprint density at radius 1 is 1.02 bits per heavy atom. The van der Waals surface area contributed by atoms with Gasteiger partial charge in [0.2, 0.25) is 21.8 Å². The zero-order valence-corrected chi connectivity index (χ0v) is 24.8. The molecule has 3 aromatic carbocycles. The predicted molar refractivity (Wildman–Crippen MR) is 159 cm³/mol. The van der Waals surface area contributed by atoms with Crippen LogP contribution in [0.25, 0.3) is 0 Å². The molecule has 0 aliphatic carbocycles. The van der Waals surface area contributed by atoms with Crippen molar-refractivity contribution < 1.29 is 22.7 Å². The molecule has 0 bridgehead atoms. The number of benzene rings is 3. The Labute approximate surface area is 241 Å². The van der Waals surface area contributed by atoms with Crippen LogP contribution in [0.3, 0.4) is 0 Å². The number of carbonyl (C=O) groups is 2. The van der Waals surface area contributed by atoms with Crippen LogP contribution in [0.1, 0.15) is 30.0 Å². The molecular weight excluding hydrogens is 550 g/mol. The molecule has 3 rings (SSSR count). The Balaban J connectivity index is 2.06. The molecule has 0 saturated heterocycles. The van der Waals surface area contributed by atoms with E-state index < -0.39 is 28.5 Å². The molecular formula is C30H36ClN3O5S. The van der Waals surface area contributed by atoms with Crippen molar-refractivity contribution in [1.82, 2.24) is 10.2 Å². The molecule has 1 unspecified atom stereocenters. The first-order valence-electron chi connectivity index (χ1n) is 13.0. The van der Waals surface area contributed by atoms with Crippen molar-refractivity contribution in [3.63, 3.8) is 0 Å². The minimum atomic E-state index is -3.90. The van der Waals surface area contributed by atoms with Crippen LogP contribution in [0.5, 0.6) is 5.75 Å². The van der Waals surface area contributed by atoms with Crippen LogP contribution in [0, 0.1) is 6.92 Å². The second-order valence-corrected chi connectivity index (χ2v) is 11.8. The van der Waals surface area contributed by atoms with E-state index in [9.17, 15) is 18.0 Å². The van der Waals surface area contributed by atoms with Crippen LogP contribution in [-0.4, -0.2) is 57.6 Å².